The zero-order valence-electron chi connectivity index (χ0n) is 2.15. The molecule has 0 fully saturated rings. The van der Waals surface area contributed by atoms with Crippen molar-refractivity contribution in [2.75, 3.05) is 0 Å². The van der Waals surface area contributed by atoms with E-state index in [4.69, 9.17) is 5.26 Å². The molecule has 0 aromatic rings. The second-order valence-electron chi connectivity index (χ2n) is 0.158. The van der Waals surface area contributed by atoms with Gasteiger partial charge in [0, 0.05) is 41.7 Å². The van der Waals surface area contributed by atoms with Crippen LogP contribution in [0.5, 0.6) is 0 Å². The quantitative estimate of drug-likeness (QED) is 0.493. The van der Waals surface area contributed by atoms with Crippen LogP contribution in [0.1, 0.15) is 0 Å². The summed E-state index contributed by atoms with van der Waals surface area (Å²) in [5.74, 6) is 0. The molecule has 0 N–H and O–H groups in total. The van der Waals surface area contributed by atoms with Gasteiger partial charge >= 0.3 is 0 Å². The minimum atomic E-state index is 0. The number of nitriles is 1. The molecule has 0 saturated carbocycles. The van der Waals surface area contributed by atoms with Crippen LogP contribution in [-0.4, -0.2) is 0 Å². The molecule has 0 aromatic heterocycles. The van der Waals surface area contributed by atoms with Crippen LogP contribution in [0.2, 0.25) is 0 Å². The van der Waals surface area contributed by atoms with E-state index in [0.29, 0.717) is 0 Å². The van der Waals surface area contributed by atoms with Gasteiger partial charge in [0.05, 0.1) is 0 Å². The summed E-state index contributed by atoms with van der Waals surface area (Å²) in [6.07, 6.45) is 0. The Morgan fingerprint density at radius 1 is 1.75 bits per heavy atom. The van der Waals surface area contributed by atoms with Gasteiger partial charge in [0.1, 0.15) is 0 Å². The molecule has 2 heteroatoms. The van der Waals surface area contributed by atoms with Gasteiger partial charge in [-0.05, 0) is 0 Å². The van der Waals surface area contributed by atoms with Crippen molar-refractivity contribution >= 4 is 0 Å². The Kier molecular flexibility index (Phi) is 20.5. The zero-order chi connectivity index (χ0) is 2.71. The molecule has 0 aliphatic carbocycles. The number of hydrogen-bond acceptors (Lipinski definition) is 1. The zero-order valence-corrected chi connectivity index (χ0v) is 5.29. The summed E-state index contributed by atoms with van der Waals surface area (Å²) in [6, 6.07) is 1.50. The summed E-state index contributed by atoms with van der Waals surface area (Å²) in [4.78, 5) is 0. The average Bonchev–Trinajstić information content (AvgIpc) is 0.918. The standard InChI is InChI=1S/C2H2N.Ce/c1-2-3;/h1H2;/q-1;. The molecule has 0 bridgehead atoms. The minimum absolute atomic E-state index is 0. The monoisotopic (exact) mass is 180 g/mol. The van der Waals surface area contributed by atoms with Crippen molar-refractivity contribution in [3.8, 4) is 6.07 Å². The third-order valence-electron chi connectivity index (χ3n) is 0. The molecule has 4 heavy (non-hydrogen) atoms. The Balaban J connectivity index is 0. The van der Waals surface area contributed by atoms with E-state index >= 15 is 0 Å². The fourth-order valence-electron chi connectivity index (χ4n) is 0. The van der Waals surface area contributed by atoms with Gasteiger partial charge in [-0.2, -0.15) is 0 Å². The van der Waals surface area contributed by atoms with Gasteiger partial charge in [0.25, 0.3) is 0 Å². The normalized spacial score (nSPS) is 1.75. The van der Waals surface area contributed by atoms with Crippen molar-refractivity contribution < 1.29 is 41.7 Å². The summed E-state index contributed by atoms with van der Waals surface area (Å²) in [7, 11) is 0. The van der Waals surface area contributed by atoms with E-state index in [2.05, 4.69) is 6.92 Å². The van der Waals surface area contributed by atoms with Gasteiger partial charge in [-0.1, -0.05) is 0 Å². The molecule has 0 aliphatic rings. The van der Waals surface area contributed by atoms with Crippen molar-refractivity contribution in [3.63, 3.8) is 0 Å². The van der Waals surface area contributed by atoms with Crippen molar-refractivity contribution in [3.05, 3.63) is 6.92 Å². The van der Waals surface area contributed by atoms with Gasteiger partial charge < -0.3 is 6.92 Å². The Labute approximate surface area is 59.4 Å². The third kappa shape index (κ3) is 15.2. The largest absolute Gasteiger partial charge is 0.305 e. The summed E-state index contributed by atoms with van der Waals surface area (Å²) in [6.45, 7) is 2.79. The van der Waals surface area contributed by atoms with Crippen molar-refractivity contribution in [1.82, 2.24) is 0 Å². The molecule has 0 rings (SSSR count). The second kappa shape index (κ2) is 9.28. The fraction of sp³-hybridized carbons (Fsp3) is 0. The van der Waals surface area contributed by atoms with Crippen LogP contribution in [0.4, 0.5) is 0 Å². The van der Waals surface area contributed by atoms with E-state index < -0.39 is 0 Å². The predicted molar refractivity (Wildman–Crippen MR) is 11.0 cm³/mol. The molecule has 0 heterocycles. The predicted octanol–water partition coefficient (Wildman–Crippen LogP) is 0.344. The fourth-order valence-corrected chi connectivity index (χ4v) is 0. The van der Waals surface area contributed by atoms with Crippen LogP contribution >= 0.6 is 0 Å². The Morgan fingerprint density at radius 2 is 1.75 bits per heavy atom. The van der Waals surface area contributed by atoms with Gasteiger partial charge in [-0.25, -0.2) is 5.26 Å². The summed E-state index contributed by atoms with van der Waals surface area (Å²) in [5, 5.41) is 7.21. The van der Waals surface area contributed by atoms with E-state index in [1.54, 1.807) is 0 Å². The maximum atomic E-state index is 7.21. The van der Waals surface area contributed by atoms with Crippen LogP contribution in [0.25, 0.3) is 0 Å². The maximum absolute atomic E-state index is 7.21. The molecular formula is C2H2CeN-. The van der Waals surface area contributed by atoms with Gasteiger partial charge in [-0.15, -0.1) is 6.07 Å². The van der Waals surface area contributed by atoms with Crippen LogP contribution in [0, 0.1) is 60.0 Å². The molecule has 0 saturated heterocycles. The van der Waals surface area contributed by atoms with Crippen LogP contribution in [-0.2, 0) is 0 Å². The first-order valence-corrected chi connectivity index (χ1v) is 0.577. The third-order valence-corrected chi connectivity index (χ3v) is 0. The molecule has 0 amide bonds. The smallest absolute Gasteiger partial charge is 0 e. The molecule has 0 radical (unpaired) electrons. The van der Waals surface area contributed by atoms with E-state index in [0.717, 1.165) is 0 Å². The first-order valence-electron chi connectivity index (χ1n) is 0.577. The number of nitrogens with zero attached hydrogens (tertiary/aromatic N) is 1. The van der Waals surface area contributed by atoms with Crippen LogP contribution in [0.15, 0.2) is 0 Å². The second-order valence-corrected chi connectivity index (χ2v) is 0.158. The molecular weight excluding hydrogens is 178 g/mol. The van der Waals surface area contributed by atoms with E-state index in [1.807, 2.05) is 0 Å². The maximum Gasteiger partial charge on any atom is 0 e. The molecule has 20 valence electrons. The SMILES string of the molecule is [CH2-]C#N.[Ce]. The first kappa shape index (κ1) is 8.83. The molecule has 0 atom stereocenters. The summed E-state index contributed by atoms with van der Waals surface area (Å²) >= 11 is 0. The topological polar surface area (TPSA) is 23.8 Å². The Hall–Kier alpha value is 0.737. The Bertz CT molecular complexity index is 27.5. The molecule has 1 nitrogen and oxygen atoms in total. The van der Waals surface area contributed by atoms with Crippen molar-refractivity contribution in [2.45, 2.75) is 0 Å². The molecule has 0 aliphatic heterocycles. The van der Waals surface area contributed by atoms with Gasteiger partial charge in [0.2, 0.25) is 0 Å². The molecule has 0 spiro atoms. The van der Waals surface area contributed by atoms with Crippen LogP contribution < -0.4 is 0 Å². The Morgan fingerprint density at radius 3 is 1.75 bits per heavy atom. The van der Waals surface area contributed by atoms with Crippen molar-refractivity contribution in [2.24, 2.45) is 0 Å². The minimum Gasteiger partial charge on any atom is -0.305 e. The van der Waals surface area contributed by atoms with Gasteiger partial charge in [-0.3, -0.25) is 0 Å². The van der Waals surface area contributed by atoms with Gasteiger partial charge in [0.15, 0.2) is 0 Å². The van der Waals surface area contributed by atoms with Crippen LogP contribution in [0.3, 0.4) is 0 Å². The molecule has 0 unspecified atom stereocenters. The summed E-state index contributed by atoms with van der Waals surface area (Å²) < 4.78 is 0. The van der Waals surface area contributed by atoms with E-state index in [-0.39, 0.29) is 41.7 Å². The van der Waals surface area contributed by atoms with Crippen molar-refractivity contribution in [1.29, 1.82) is 5.26 Å². The number of rotatable bonds is 0. The first-order chi connectivity index (χ1) is 1.41. The summed E-state index contributed by atoms with van der Waals surface area (Å²) in [5.41, 5.74) is 0. The van der Waals surface area contributed by atoms with E-state index in [9.17, 15) is 0 Å². The van der Waals surface area contributed by atoms with E-state index in [1.165, 1.54) is 6.07 Å². The number of hydrogen-bond donors (Lipinski definition) is 0. The average molecular weight is 180 g/mol. The molecule has 0 aromatic carbocycles.